The Bertz CT molecular complexity index is 544. The van der Waals surface area contributed by atoms with Gasteiger partial charge in [0, 0.05) is 31.4 Å². The molecule has 1 aliphatic rings. The minimum atomic E-state index is -3.61. The average Bonchev–Trinajstić information content (AvgIpc) is 2.92. The van der Waals surface area contributed by atoms with E-state index in [1.165, 1.54) is 15.6 Å². The van der Waals surface area contributed by atoms with Crippen LogP contribution in [0.5, 0.6) is 0 Å². The summed E-state index contributed by atoms with van der Waals surface area (Å²) in [4.78, 5) is 15.0. The number of piperidine rings is 1. The largest absolute Gasteiger partial charge is 0.481 e. The number of thiazole rings is 1. The smallest absolute Gasteiger partial charge is 0.307 e. The van der Waals surface area contributed by atoms with Gasteiger partial charge in [0.25, 0.3) is 10.2 Å². The third-order valence-corrected chi connectivity index (χ3v) is 5.44. The van der Waals surface area contributed by atoms with Gasteiger partial charge >= 0.3 is 5.97 Å². The van der Waals surface area contributed by atoms with Crippen molar-refractivity contribution in [3.8, 4) is 0 Å². The molecule has 1 atom stereocenters. The molecule has 7 nitrogen and oxygen atoms in total. The number of carboxylic acids is 1. The molecular weight excluding hydrogens is 302 g/mol. The van der Waals surface area contributed by atoms with Gasteiger partial charge < -0.3 is 5.11 Å². The first-order valence-corrected chi connectivity index (χ1v) is 8.72. The Morgan fingerprint density at radius 2 is 2.40 bits per heavy atom. The van der Waals surface area contributed by atoms with Crippen molar-refractivity contribution in [2.24, 2.45) is 5.92 Å². The standard InChI is InChI=1S/C11H17N3O4S2/c15-11(16)9-2-1-5-14(6-9)20(17,18)13-4-3-10-7-19-8-12-10/h7-9,13H,1-6H2,(H,15,16). The van der Waals surface area contributed by atoms with E-state index in [9.17, 15) is 13.2 Å². The lowest BCUT2D eigenvalue weighted by Gasteiger charge is -2.29. The number of nitrogens with zero attached hydrogens (tertiary/aromatic N) is 2. The molecule has 2 heterocycles. The van der Waals surface area contributed by atoms with Gasteiger partial charge in [0.1, 0.15) is 0 Å². The van der Waals surface area contributed by atoms with E-state index in [-0.39, 0.29) is 13.1 Å². The first kappa shape index (κ1) is 15.4. The van der Waals surface area contributed by atoms with Crippen molar-refractivity contribution in [2.45, 2.75) is 19.3 Å². The van der Waals surface area contributed by atoms with Gasteiger partial charge in [0.15, 0.2) is 0 Å². The molecule has 1 aromatic rings. The number of nitrogens with one attached hydrogen (secondary N) is 1. The summed E-state index contributed by atoms with van der Waals surface area (Å²) in [5.41, 5.74) is 2.55. The van der Waals surface area contributed by atoms with Crippen LogP contribution in [0.1, 0.15) is 18.5 Å². The lowest BCUT2D eigenvalue weighted by molar-refractivity contribution is -0.142. The van der Waals surface area contributed by atoms with Crippen molar-refractivity contribution in [1.82, 2.24) is 14.0 Å². The minimum Gasteiger partial charge on any atom is -0.481 e. The number of carboxylic acid groups (broad SMARTS) is 1. The van der Waals surface area contributed by atoms with Gasteiger partial charge in [0.2, 0.25) is 0 Å². The maximum Gasteiger partial charge on any atom is 0.307 e. The molecular formula is C11H17N3O4S2. The van der Waals surface area contributed by atoms with Crippen molar-refractivity contribution in [3.05, 3.63) is 16.6 Å². The Morgan fingerprint density at radius 1 is 1.60 bits per heavy atom. The van der Waals surface area contributed by atoms with Crippen LogP contribution in [0.4, 0.5) is 0 Å². The van der Waals surface area contributed by atoms with Crippen LogP contribution in [0.2, 0.25) is 0 Å². The van der Waals surface area contributed by atoms with Crippen LogP contribution in [0, 0.1) is 5.92 Å². The van der Waals surface area contributed by atoms with Crippen molar-refractivity contribution < 1.29 is 18.3 Å². The Morgan fingerprint density at radius 3 is 3.05 bits per heavy atom. The monoisotopic (exact) mass is 319 g/mol. The first-order valence-electron chi connectivity index (χ1n) is 6.33. The van der Waals surface area contributed by atoms with E-state index >= 15 is 0 Å². The Labute approximate surface area is 121 Å². The summed E-state index contributed by atoms with van der Waals surface area (Å²) in [7, 11) is -3.61. The SMILES string of the molecule is O=C(O)C1CCCN(S(=O)(=O)NCCc2cscn2)C1. The van der Waals surface area contributed by atoms with Gasteiger partial charge in [-0.3, -0.25) is 4.79 Å². The number of hydrogen-bond donors (Lipinski definition) is 2. The summed E-state index contributed by atoms with van der Waals surface area (Å²) < 4.78 is 27.9. The van der Waals surface area contributed by atoms with E-state index in [2.05, 4.69) is 9.71 Å². The van der Waals surface area contributed by atoms with Crippen LogP contribution in [0.15, 0.2) is 10.9 Å². The molecule has 20 heavy (non-hydrogen) atoms. The molecule has 0 saturated carbocycles. The van der Waals surface area contributed by atoms with E-state index in [4.69, 9.17) is 5.11 Å². The van der Waals surface area contributed by atoms with Crippen LogP contribution in [0.25, 0.3) is 0 Å². The Kier molecular flexibility index (Phi) is 5.08. The molecule has 0 aliphatic carbocycles. The fourth-order valence-electron chi connectivity index (χ4n) is 2.12. The lowest BCUT2D eigenvalue weighted by atomic mass is 10.0. The Hall–Kier alpha value is -1.03. The summed E-state index contributed by atoms with van der Waals surface area (Å²) >= 11 is 1.47. The summed E-state index contributed by atoms with van der Waals surface area (Å²) in [6, 6.07) is 0. The summed E-state index contributed by atoms with van der Waals surface area (Å²) in [5.74, 6) is -1.55. The number of aromatic nitrogens is 1. The van der Waals surface area contributed by atoms with Gasteiger partial charge in [-0.1, -0.05) is 0 Å². The van der Waals surface area contributed by atoms with Gasteiger partial charge in [-0.25, -0.2) is 9.71 Å². The summed E-state index contributed by atoms with van der Waals surface area (Å²) in [5, 5.41) is 10.8. The number of carbonyl (C=O) groups is 1. The average molecular weight is 319 g/mol. The third-order valence-electron chi connectivity index (χ3n) is 3.22. The predicted molar refractivity (Wildman–Crippen MR) is 74.7 cm³/mol. The zero-order valence-electron chi connectivity index (χ0n) is 10.9. The molecule has 2 rings (SSSR count). The highest BCUT2D eigenvalue weighted by Crippen LogP contribution is 2.18. The van der Waals surface area contributed by atoms with E-state index < -0.39 is 22.1 Å². The zero-order valence-corrected chi connectivity index (χ0v) is 12.5. The topological polar surface area (TPSA) is 99.6 Å². The number of rotatable bonds is 6. The molecule has 0 amide bonds. The highest BCUT2D eigenvalue weighted by Gasteiger charge is 2.31. The fourth-order valence-corrected chi connectivity index (χ4v) is 4.00. The number of aliphatic carboxylic acids is 1. The van der Waals surface area contributed by atoms with E-state index in [0.717, 1.165) is 5.69 Å². The number of hydrogen-bond acceptors (Lipinski definition) is 5. The summed E-state index contributed by atoms with van der Waals surface area (Å²) in [6.07, 6.45) is 1.63. The fraction of sp³-hybridized carbons (Fsp3) is 0.636. The zero-order chi connectivity index (χ0) is 14.6. The second-order valence-corrected chi connectivity index (χ2v) is 7.14. The van der Waals surface area contributed by atoms with Crippen LogP contribution in [-0.4, -0.2) is 48.4 Å². The highest BCUT2D eigenvalue weighted by atomic mass is 32.2. The lowest BCUT2D eigenvalue weighted by Crippen LogP contribution is -2.47. The van der Waals surface area contributed by atoms with Crippen LogP contribution >= 0.6 is 11.3 Å². The van der Waals surface area contributed by atoms with Gasteiger partial charge in [-0.05, 0) is 12.8 Å². The molecule has 0 aromatic carbocycles. The maximum absolute atomic E-state index is 12.1. The van der Waals surface area contributed by atoms with Gasteiger partial charge in [-0.2, -0.15) is 12.7 Å². The normalized spacial score (nSPS) is 20.9. The quantitative estimate of drug-likeness (QED) is 0.786. The molecule has 0 radical (unpaired) electrons. The highest BCUT2D eigenvalue weighted by molar-refractivity contribution is 7.87. The summed E-state index contributed by atoms with van der Waals surface area (Å²) in [6.45, 7) is 0.678. The van der Waals surface area contributed by atoms with Crippen LogP contribution in [-0.2, 0) is 21.4 Å². The molecule has 112 valence electrons. The minimum absolute atomic E-state index is 0.0430. The Balaban J connectivity index is 1.87. The van der Waals surface area contributed by atoms with E-state index in [1.807, 2.05) is 5.38 Å². The molecule has 1 aliphatic heterocycles. The predicted octanol–water partition coefficient (Wildman–Crippen LogP) is 0.317. The maximum atomic E-state index is 12.1. The van der Waals surface area contributed by atoms with Crippen LogP contribution < -0.4 is 4.72 Å². The van der Waals surface area contributed by atoms with E-state index in [1.54, 1.807) is 5.51 Å². The van der Waals surface area contributed by atoms with Crippen molar-refractivity contribution in [1.29, 1.82) is 0 Å². The molecule has 0 bridgehead atoms. The second-order valence-electron chi connectivity index (χ2n) is 4.66. The van der Waals surface area contributed by atoms with E-state index in [0.29, 0.717) is 25.8 Å². The van der Waals surface area contributed by atoms with Crippen molar-refractivity contribution >= 4 is 27.5 Å². The van der Waals surface area contributed by atoms with Crippen molar-refractivity contribution in [3.63, 3.8) is 0 Å². The third kappa shape index (κ3) is 3.98. The van der Waals surface area contributed by atoms with Gasteiger partial charge in [0.05, 0.1) is 17.1 Å². The molecule has 1 fully saturated rings. The molecule has 1 unspecified atom stereocenters. The second kappa shape index (κ2) is 6.61. The molecule has 0 spiro atoms. The van der Waals surface area contributed by atoms with Gasteiger partial charge in [-0.15, -0.1) is 11.3 Å². The first-order chi connectivity index (χ1) is 9.49. The van der Waals surface area contributed by atoms with Crippen molar-refractivity contribution in [2.75, 3.05) is 19.6 Å². The molecule has 9 heteroatoms. The molecule has 2 N–H and O–H groups in total. The molecule has 1 aromatic heterocycles. The molecule has 1 saturated heterocycles. The van der Waals surface area contributed by atoms with Crippen LogP contribution in [0.3, 0.4) is 0 Å².